The molecule has 44 heavy (non-hydrogen) atoms. The zero-order valence-electron chi connectivity index (χ0n) is 23.7. The van der Waals surface area contributed by atoms with Crippen LogP contribution in [0.1, 0.15) is 28.4 Å². The molecule has 0 spiro atoms. The Morgan fingerprint density at radius 2 is 1.73 bits per heavy atom. The zero-order valence-corrected chi connectivity index (χ0v) is 25.4. The molecule has 1 amide bonds. The lowest BCUT2D eigenvalue weighted by Crippen LogP contribution is -2.30. The first-order valence-electron chi connectivity index (χ1n) is 13.4. The van der Waals surface area contributed by atoms with Crippen molar-refractivity contribution in [2.75, 3.05) is 18.7 Å². The highest BCUT2D eigenvalue weighted by molar-refractivity contribution is 7.89. The Hall–Kier alpha value is -4.98. The van der Waals surface area contributed by atoms with Crippen LogP contribution in [0, 0.1) is 10.1 Å². The van der Waals surface area contributed by atoms with Crippen molar-refractivity contribution in [2.24, 2.45) is 5.10 Å². The highest BCUT2D eigenvalue weighted by Gasteiger charge is 2.25. The molecular weight excluding hydrogens is 603 g/mol. The van der Waals surface area contributed by atoms with E-state index in [1.807, 2.05) is 30.3 Å². The van der Waals surface area contributed by atoms with Gasteiger partial charge in [0.15, 0.2) is 0 Å². The average molecular weight is 630 g/mol. The maximum Gasteiger partial charge on any atom is 0.280 e. The number of hydrazone groups is 1. The van der Waals surface area contributed by atoms with Crippen LogP contribution in [0.5, 0.6) is 5.75 Å². The number of sulfonamides is 1. The number of hydrogen-bond acceptors (Lipinski definition) is 9. The second kappa shape index (κ2) is 13.1. The lowest BCUT2D eigenvalue weighted by Gasteiger charge is -2.21. The number of amides is 1. The number of benzene rings is 4. The Morgan fingerprint density at radius 1 is 1.02 bits per heavy atom. The molecule has 0 radical (unpaired) electrons. The Kier molecular flexibility index (Phi) is 9.09. The molecule has 0 N–H and O–H groups in total. The molecule has 0 bridgehead atoms. The number of rotatable bonds is 11. The first-order chi connectivity index (χ1) is 21.2. The topological polar surface area (TPSA) is 135 Å². The van der Waals surface area contributed by atoms with Crippen LogP contribution in [0.25, 0.3) is 10.2 Å². The first-order valence-corrected chi connectivity index (χ1v) is 15.7. The highest BCUT2D eigenvalue weighted by atomic mass is 32.2. The fourth-order valence-corrected chi connectivity index (χ4v) is 6.69. The number of hydrogen-bond donors (Lipinski definition) is 0. The van der Waals surface area contributed by atoms with Crippen molar-refractivity contribution in [3.8, 4) is 5.75 Å². The maximum absolute atomic E-state index is 13.8. The molecule has 224 valence electrons. The number of carbonyl (C=O) groups excluding carboxylic acids is 1. The minimum atomic E-state index is -3.84. The van der Waals surface area contributed by atoms with E-state index in [4.69, 9.17) is 4.74 Å². The number of nitrogens with zero attached hydrogens (tertiary/aromatic N) is 5. The number of aromatic nitrogens is 1. The molecule has 0 aliphatic carbocycles. The molecule has 0 aliphatic heterocycles. The molecule has 1 heterocycles. The van der Waals surface area contributed by atoms with Crippen LogP contribution >= 0.6 is 11.3 Å². The van der Waals surface area contributed by atoms with E-state index in [1.54, 1.807) is 32.2 Å². The number of fused-ring (bicyclic) bond motifs is 1. The van der Waals surface area contributed by atoms with Crippen LogP contribution in [0.2, 0.25) is 0 Å². The van der Waals surface area contributed by atoms with E-state index in [0.29, 0.717) is 16.8 Å². The van der Waals surface area contributed by atoms with Crippen LogP contribution in [0.4, 0.5) is 10.8 Å². The van der Waals surface area contributed by atoms with Gasteiger partial charge in [-0.05, 0) is 65.7 Å². The lowest BCUT2D eigenvalue weighted by atomic mass is 10.2. The van der Waals surface area contributed by atoms with Gasteiger partial charge in [-0.15, -0.1) is 0 Å². The summed E-state index contributed by atoms with van der Waals surface area (Å²) in [5, 5.41) is 16.8. The largest absolute Gasteiger partial charge is 0.497 e. The molecule has 11 nitrogen and oxygen atoms in total. The second-order valence-corrected chi connectivity index (χ2v) is 12.4. The highest BCUT2D eigenvalue weighted by Crippen LogP contribution is 2.32. The summed E-state index contributed by atoms with van der Waals surface area (Å²) in [6.45, 7) is 2.26. The Bertz CT molecular complexity index is 1930. The van der Waals surface area contributed by atoms with Crippen molar-refractivity contribution in [3.05, 3.63) is 124 Å². The van der Waals surface area contributed by atoms with E-state index in [9.17, 15) is 23.3 Å². The monoisotopic (exact) mass is 629 g/mol. The molecule has 0 saturated heterocycles. The van der Waals surface area contributed by atoms with Crippen molar-refractivity contribution in [3.63, 3.8) is 0 Å². The van der Waals surface area contributed by atoms with Crippen LogP contribution in [0.15, 0.2) is 107 Å². The third-order valence-corrected chi connectivity index (χ3v) is 9.61. The van der Waals surface area contributed by atoms with Crippen molar-refractivity contribution in [1.82, 2.24) is 9.29 Å². The molecule has 1 aromatic heterocycles. The van der Waals surface area contributed by atoms with Gasteiger partial charge in [-0.1, -0.05) is 48.6 Å². The Labute approximate surface area is 257 Å². The van der Waals surface area contributed by atoms with Crippen LogP contribution in [0.3, 0.4) is 0 Å². The van der Waals surface area contributed by atoms with Gasteiger partial charge in [0, 0.05) is 30.8 Å². The molecule has 5 rings (SSSR count). The van der Waals surface area contributed by atoms with Crippen LogP contribution < -0.4 is 9.75 Å². The Balaban J connectivity index is 1.46. The summed E-state index contributed by atoms with van der Waals surface area (Å²) in [5.41, 5.74) is 2.13. The number of non-ortho nitro benzene ring substituents is 1. The van der Waals surface area contributed by atoms with Gasteiger partial charge < -0.3 is 4.74 Å². The van der Waals surface area contributed by atoms with E-state index < -0.39 is 20.9 Å². The lowest BCUT2D eigenvalue weighted by molar-refractivity contribution is -0.384. The fourth-order valence-electron chi connectivity index (χ4n) is 4.30. The van der Waals surface area contributed by atoms with E-state index >= 15 is 0 Å². The summed E-state index contributed by atoms with van der Waals surface area (Å²) >= 11 is 1.22. The number of anilines is 1. The predicted octanol–water partition coefficient (Wildman–Crippen LogP) is 6.10. The summed E-state index contributed by atoms with van der Waals surface area (Å²) in [4.78, 5) is 29.0. The smallest absolute Gasteiger partial charge is 0.280 e. The first kappa shape index (κ1) is 30.5. The third kappa shape index (κ3) is 6.64. The number of methoxy groups -OCH3 is 1. The maximum atomic E-state index is 13.8. The molecule has 0 saturated carbocycles. The van der Waals surface area contributed by atoms with Gasteiger partial charge in [0.2, 0.25) is 15.2 Å². The number of nitro groups is 1. The standard InChI is InChI=1S/C31H27N5O6S2/c1-3-34(21-23-7-5-4-6-8-23)44(40,41)27-16-11-24(12-17-27)30(37)35(32-20-22-9-13-25(14-10-22)36(38)39)31-33-28-18-15-26(42-2)19-29(28)43-31/h4-20H,3,21H2,1-2H3/b32-20+. The van der Waals surface area contributed by atoms with Crippen molar-refractivity contribution >= 4 is 54.5 Å². The summed E-state index contributed by atoms with van der Waals surface area (Å²) in [6, 6.07) is 26.0. The summed E-state index contributed by atoms with van der Waals surface area (Å²) in [5.74, 6) is 0.0832. The normalized spacial score (nSPS) is 11.7. The fraction of sp³-hybridized carbons (Fsp3) is 0.129. The summed E-state index contributed by atoms with van der Waals surface area (Å²) < 4.78 is 34.3. The van der Waals surface area contributed by atoms with Gasteiger partial charge in [0.1, 0.15) is 5.75 Å². The summed E-state index contributed by atoms with van der Waals surface area (Å²) in [7, 11) is -2.28. The van der Waals surface area contributed by atoms with Crippen LogP contribution in [-0.2, 0) is 16.6 Å². The Morgan fingerprint density at radius 3 is 2.36 bits per heavy atom. The molecule has 5 aromatic rings. The number of thiazole rings is 1. The third-order valence-electron chi connectivity index (χ3n) is 6.68. The molecular formula is C31H27N5O6S2. The molecule has 13 heteroatoms. The van der Waals surface area contributed by atoms with E-state index in [-0.39, 0.29) is 34.4 Å². The van der Waals surface area contributed by atoms with E-state index in [2.05, 4.69) is 10.1 Å². The van der Waals surface area contributed by atoms with Gasteiger partial charge >= 0.3 is 0 Å². The SMILES string of the molecule is CCN(Cc1ccccc1)S(=O)(=O)c1ccc(C(=O)N(/N=C/c2ccc([N+](=O)[O-])cc2)c2nc3ccc(OC)cc3s2)cc1. The average Bonchev–Trinajstić information content (AvgIpc) is 3.47. The molecule has 0 fully saturated rings. The van der Waals surface area contributed by atoms with Gasteiger partial charge in [-0.2, -0.15) is 14.4 Å². The van der Waals surface area contributed by atoms with Gasteiger partial charge in [-0.25, -0.2) is 13.4 Å². The van der Waals surface area contributed by atoms with Gasteiger partial charge in [-0.3, -0.25) is 14.9 Å². The van der Waals surface area contributed by atoms with Crippen molar-refractivity contribution in [1.29, 1.82) is 0 Å². The number of ether oxygens (including phenoxy) is 1. The quantitative estimate of drug-likeness (QED) is 0.0978. The van der Waals surface area contributed by atoms with Gasteiger partial charge in [0.05, 0.1) is 33.4 Å². The number of carbonyl (C=O) groups is 1. The number of nitro benzene ring substituents is 1. The summed E-state index contributed by atoms with van der Waals surface area (Å²) in [6.07, 6.45) is 1.40. The molecule has 4 aromatic carbocycles. The zero-order chi connectivity index (χ0) is 31.3. The second-order valence-electron chi connectivity index (χ2n) is 9.48. The molecule has 0 atom stereocenters. The molecule has 0 unspecified atom stereocenters. The predicted molar refractivity (Wildman–Crippen MR) is 170 cm³/mol. The van der Waals surface area contributed by atoms with Crippen molar-refractivity contribution in [2.45, 2.75) is 18.4 Å². The van der Waals surface area contributed by atoms with Gasteiger partial charge in [0.25, 0.3) is 11.6 Å². The minimum Gasteiger partial charge on any atom is -0.497 e. The van der Waals surface area contributed by atoms with E-state index in [0.717, 1.165) is 15.3 Å². The minimum absolute atomic E-state index is 0.0554. The molecule has 0 aliphatic rings. The van der Waals surface area contributed by atoms with Crippen molar-refractivity contribution < 1.29 is 22.9 Å². The van der Waals surface area contributed by atoms with E-state index in [1.165, 1.54) is 70.4 Å². The van der Waals surface area contributed by atoms with Crippen LogP contribution in [-0.4, -0.2) is 48.4 Å².